The molecule has 4 N–H and O–H groups in total. The molecule has 0 spiro atoms. The van der Waals surface area contributed by atoms with Crippen LogP contribution in [0.15, 0.2) is 102 Å². The number of aliphatic hydroxyl groups excluding tert-OH is 1. The van der Waals surface area contributed by atoms with Crippen LogP contribution in [-0.4, -0.2) is 93.1 Å². The fourth-order valence-electron chi connectivity index (χ4n) is 11.7. The predicted molar refractivity (Wildman–Crippen MR) is 219 cm³/mol. The molecular formula is C48H51NO13. The van der Waals surface area contributed by atoms with Gasteiger partial charge in [-0.3, -0.25) is 19.2 Å². The highest BCUT2D eigenvalue weighted by Gasteiger charge is 2.88. The van der Waals surface area contributed by atoms with E-state index in [4.69, 9.17) is 18.9 Å². The molecule has 0 radical (unpaired) electrons. The monoisotopic (exact) mass is 849 g/mol. The molecule has 3 aromatic rings. The second-order valence-electron chi connectivity index (χ2n) is 18.1. The number of fused-ring (bicyclic) bond motifs is 3. The topological polar surface area (TPSA) is 212 Å². The molecule has 4 aliphatic carbocycles. The smallest absolute Gasteiger partial charge is 0.350 e. The summed E-state index contributed by atoms with van der Waals surface area (Å²) in [7, 11) is 0. The molecule has 14 nitrogen and oxygen atoms in total. The van der Waals surface area contributed by atoms with Crippen molar-refractivity contribution in [3.05, 3.63) is 119 Å². The lowest BCUT2D eigenvalue weighted by atomic mass is 9.29. The van der Waals surface area contributed by atoms with E-state index in [9.17, 15) is 39.3 Å². The number of carboxylic acid groups (broad SMARTS) is 1. The van der Waals surface area contributed by atoms with Crippen LogP contribution >= 0.6 is 0 Å². The van der Waals surface area contributed by atoms with Crippen LogP contribution in [0.4, 0.5) is 0 Å². The molecule has 0 bridgehead atoms. The molecule has 8 rings (SSSR count). The minimum absolute atomic E-state index is 0.159. The van der Waals surface area contributed by atoms with Crippen molar-refractivity contribution in [2.45, 2.75) is 102 Å². The van der Waals surface area contributed by atoms with Crippen LogP contribution in [0.1, 0.15) is 92.6 Å². The lowest BCUT2D eigenvalue weighted by molar-refractivity contribution is -0.361. The van der Waals surface area contributed by atoms with Gasteiger partial charge < -0.3 is 39.6 Å². The van der Waals surface area contributed by atoms with E-state index in [1.54, 1.807) is 119 Å². The first-order valence-corrected chi connectivity index (χ1v) is 20.9. The minimum Gasteiger partial charge on any atom is -0.481 e. The minimum atomic E-state index is -2.00. The molecule has 3 unspecified atom stereocenters. The van der Waals surface area contributed by atoms with Crippen LogP contribution in [0.2, 0.25) is 0 Å². The lowest BCUT2D eigenvalue weighted by Gasteiger charge is -2.78. The van der Waals surface area contributed by atoms with Gasteiger partial charge in [-0.05, 0) is 61.7 Å². The van der Waals surface area contributed by atoms with Crippen molar-refractivity contribution in [1.82, 2.24) is 5.32 Å². The third-order valence-corrected chi connectivity index (χ3v) is 15.0. The fourth-order valence-corrected chi connectivity index (χ4v) is 11.7. The standard InChI is InChI=1S/C48H51NO13/c1-26-35-27(2)48(62-43(57)37(60-34(53)22-21-33(51)52)36(28-15-9-6-10-16-28)49-41(55)29-17-11-7-12-18-29)24-47(58,46(35,48)5)40(61-42(56)30-19-13-8-14-20-30)38-44(3)25-59-32(44)23-31(50)45(38,4)39(26)54/h6-20,26,31-32,36-38,40,50,58H,21-25H2,1-5H3,(H,49,55)(H,51,52)/t26-,31+,32?,36+,37-,38?,40?,44-,45-,46-,47-,48-/m1/s1. The van der Waals surface area contributed by atoms with E-state index >= 15 is 4.79 Å². The summed E-state index contributed by atoms with van der Waals surface area (Å²) in [5, 5.41) is 37.5. The molecule has 62 heavy (non-hydrogen) atoms. The van der Waals surface area contributed by atoms with Gasteiger partial charge in [0.15, 0.2) is 0 Å². The molecule has 3 aromatic carbocycles. The summed E-state index contributed by atoms with van der Waals surface area (Å²) >= 11 is 0. The average Bonchev–Trinajstić information content (AvgIpc) is 3.26. The lowest BCUT2D eigenvalue weighted by Crippen LogP contribution is -2.88. The second-order valence-corrected chi connectivity index (χ2v) is 18.1. The molecule has 326 valence electrons. The largest absolute Gasteiger partial charge is 0.481 e. The maximum atomic E-state index is 15.1. The van der Waals surface area contributed by atoms with Crippen LogP contribution in [0.5, 0.6) is 0 Å². The van der Waals surface area contributed by atoms with E-state index in [0.29, 0.717) is 16.7 Å². The highest BCUT2D eigenvalue weighted by atomic mass is 16.6. The van der Waals surface area contributed by atoms with Crippen molar-refractivity contribution < 1.29 is 63.0 Å². The predicted octanol–water partition coefficient (Wildman–Crippen LogP) is 4.92. The van der Waals surface area contributed by atoms with Crippen molar-refractivity contribution in [3.63, 3.8) is 0 Å². The van der Waals surface area contributed by atoms with E-state index in [1.165, 1.54) is 0 Å². The number of carbonyl (C=O) groups excluding carboxylic acids is 5. The number of nitrogens with one attached hydrogen (secondary N) is 1. The molecule has 4 fully saturated rings. The third kappa shape index (κ3) is 6.16. The van der Waals surface area contributed by atoms with Gasteiger partial charge in [-0.25, -0.2) is 9.59 Å². The molecule has 14 heteroatoms. The Balaban J connectivity index is 1.23. The van der Waals surface area contributed by atoms with Gasteiger partial charge in [-0.15, -0.1) is 0 Å². The average molecular weight is 850 g/mol. The molecule has 1 saturated heterocycles. The van der Waals surface area contributed by atoms with Gasteiger partial charge in [0.2, 0.25) is 6.10 Å². The summed E-state index contributed by atoms with van der Waals surface area (Å²) in [5.74, 6) is -7.00. The number of aliphatic hydroxyl groups is 2. The molecule has 0 aromatic heterocycles. The van der Waals surface area contributed by atoms with E-state index in [-0.39, 0.29) is 36.4 Å². The zero-order valence-electron chi connectivity index (χ0n) is 35.2. The van der Waals surface area contributed by atoms with Crippen molar-refractivity contribution in [2.75, 3.05) is 6.61 Å². The maximum absolute atomic E-state index is 15.1. The number of amides is 1. The van der Waals surface area contributed by atoms with Crippen molar-refractivity contribution in [2.24, 2.45) is 28.1 Å². The number of Topliss-reactive ketones (excluding diaryl/α,β-unsaturated/α-hetero) is 1. The third-order valence-electron chi connectivity index (χ3n) is 15.0. The first-order chi connectivity index (χ1) is 29.3. The molecule has 5 aliphatic rings. The van der Waals surface area contributed by atoms with Gasteiger partial charge >= 0.3 is 23.9 Å². The van der Waals surface area contributed by atoms with Gasteiger partial charge in [0.1, 0.15) is 29.1 Å². The van der Waals surface area contributed by atoms with Crippen LogP contribution in [0, 0.1) is 28.1 Å². The number of aliphatic carboxylic acids is 1. The van der Waals surface area contributed by atoms with Crippen LogP contribution in [-0.2, 0) is 38.1 Å². The Hall–Kier alpha value is -5.70. The normalized spacial score (nSPS) is 35.0. The first kappa shape index (κ1) is 43.0. The van der Waals surface area contributed by atoms with Crippen molar-refractivity contribution >= 4 is 35.6 Å². The summed E-state index contributed by atoms with van der Waals surface area (Å²) in [6.45, 7) is 8.81. The van der Waals surface area contributed by atoms with E-state index in [0.717, 1.165) is 0 Å². The number of carbonyl (C=O) groups is 6. The zero-order valence-corrected chi connectivity index (χ0v) is 35.2. The van der Waals surface area contributed by atoms with Crippen LogP contribution in [0.25, 0.3) is 0 Å². The van der Waals surface area contributed by atoms with Crippen molar-refractivity contribution in [1.29, 1.82) is 0 Å². The number of benzene rings is 3. The SMILES string of the molecule is CC1=C2[C@@H](C)C(=O)[C@@]3(C)C(C(OC(=O)c4ccccc4)[C@]4(O)C[C@]1(OC(=O)[C@H](OC(=O)CCC(=O)O)[C@@H](NC(=O)c1ccccc1)c1ccccc1)[C@]24C)[C@]1(C)COC1C[C@@H]3O. The maximum Gasteiger partial charge on any atom is 0.350 e. The van der Waals surface area contributed by atoms with Crippen molar-refractivity contribution in [3.8, 4) is 0 Å². The molecule has 1 amide bonds. The number of hydrogen-bond donors (Lipinski definition) is 4. The van der Waals surface area contributed by atoms with Crippen LogP contribution < -0.4 is 5.32 Å². The summed E-state index contributed by atoms with van der Waals surface area (Å²) in [5.41, 5.74) is -5.86. The fraction of sp³-hybridized carbons (Fsp3) is 0.458. The number of rotatable bonds is 12. The van der Waals surface area contributed by atoms with Gasteiger partial charge in [-0.2, -0.15) is 0 Å². The number of carboxylic acids is 1. The van der Waals surface area contributed by atoms with Gasteiger partial charge in [-0.1, -0.05) is 80.6 Å². The molecular weight excluding hydrogens is 799 g/mol. The molecule has 12 atom stereocenters. The Morgan fingerprint density at radius 2 is 1.48 bits per heavy atom. The number of ketones is 1. The quantitative estimate of drug-likeness (QED) is 0.108. The highest BCUT2D eigenvalue weighted by molar-refractivity contribution is 5.96. The summed E-state index contributed by atoms with van der Waals surface area (Å²) in [6.07, 6.45) is -6.38. The summed E-state index contributed by atoms with van der Waals surface area (Å²) in [6, 6.07) is 23.3. The summed E-state index contributed by atoms with van der Waals surface area (Å²) in [4.78, 5) is 82.8. The summed E-state index contributed by atoms with van der Waals surface area (Å²) < 4.78 is 24.7. The van der Waals surface area contributed by atoms with Gasteiger partial charge in [0.05, 0.1) is 48.0 Å². The first-order valence-electron chi connectivity index (χ1n) is 20.9. The van der Waals surface area contributed by atoms with E-state index in [1.807, 2.05) is 6.92 Å². The molecule has 1 aliphatic heterocycles. The Kier molecular flexibility index (Phi) is 10.6. The van der Waals surface area contributed by atoms with E-state index < -0.39 is 112 Å². The Bertz CT molecular complexity index is 2350. The van der Waals surface area contributed by atoms with E-state index in [2.05, 4.69) is 5.32 Å². The highest BCUT2D eigenvalue weighted by Crippen LogP contribution is 2.79. The van der Waals surface area contributed by atoms with Gasteiger partial charge in [0.25, 0.3) is 5.91 Å². The Labute approximate surface area is 358 Å². The number of esters is 3. The molecule has 3 saturated carbocycles. The Morgan fingerprint density at radius 1 is 0.887 bits per heavy atom. The van der Waals surface area contributed by atoms with Crippen LogP contribution in [0.3, 0.4) is 0 Å². The Morgan fingerprint density at radius 3 is 2.06 bits per heavy atom. The number of hydrogen-bond acceptors (Lipinski definition) is 12. The second kappa shape index (κ2) is 15.3. The zero-order chi connectivity index (χ0) is 44.6. The van der Waals surface area contributed by atoms with Gasteiger partial charge in [0, 0.05) is 35.7 Å². The molecule has 1 heterocycles. The number of ether oxygens (including phenoxy) is 4.